The molecule has 0 amide bonds. The van der Waals surface area contributed by atoms with Crippen molar-refractivity contribution in [3.8, 4) is 0 Å². The fourth-order valence-corrected chi connectivity index (χ4v) is 1.10. The van der Waals surface area contributed by atoms with Crippen molar-refractivity contribution in [1.82, 2.24) is 0 Å². The number of allylic oxidation sites excluding steroid dienone is 2. The highest BCUT2D eigenvalue weighted by molar-refractivity contribution is 6.10. The van der Waals surface area contributed by atoms with Gasteiger partial charge in [0.1, 0.15) is 11.2 Å². The second-order valence-corrected chi connectivity index (χ2v) is 2.99. The number of carbonyl (C=O) groups is 2. The molecule has 1 N–H and O–H groups in total. The van der Waals surface area contributed by atoms with Crippen LogP contribution in [0.5, 0.6) is 0 Å². The van der Waals surface area contributed by atoms with Crippen LogP contribution in [0.4, 0.5) is 0 Å². The second-order valence-electron chi connectivity index (χ2n) is 2.99. The van der Waals surface area contributed by atoms with Gasteiger partial charge in [0.25, 0.3) is 0 Å². The van der Waals surface area contributed by atoms with E-state index >= 15 is 0 Å². The van der Waals surface area contributed by atoms with E-state index in [1.165, 1.54) is 20.1 Å². The van der Waals surface area contributed by atoms with E-state index in [2.05, 4.69) is 0 Å². The van der Waals surface area contributed by atoms with Crippen molar-refractivity contribution in [3.05, 3.63) is 11.8 Å². The molecule has 12 heavy (non-hydrogen) atoms. The molecule has 1 rings (SSSR count). The molecule has 1 aliphatic rings. The fourth-order valence-electron chi connectivity index (χ4n) is 1.10. The van der Waals surface area contributed by atoms with Gasteiger partial charge in [-0.25, -0.2) is 0 Å². The minimum atomic E-state index is -1.31. The fraction of sp³-hybridized carbons (Fsp3) is 0.500. The summed E-state index contributed by atoms with van der Waals surface area (Å²) in [6, 6.07) is 0. The zero-order chi connectivity index (χ0) is 9.35. The first-order chi connectivity index (χ1) is 5.50. The average Bonchev–Trinajstić information content (AvgIpc) is 2.29. The van der Waals surface area contributed by atoms with Gasteiger partial charge in [-0.15, -0.1) is 0 Å². The molecule has 0 saturated carbocycles. The summed E-state index contributed by atoms with van der Waals surface area (Å²) in [5.74, 6) is -1.06. The Hall–Kier alpha value is -1.32. The third-order valence-electron chi connectivity index (χ3n) is 2.10. The van der Waals surface area contributed by atoms with E-state index in [9.17, 15) is 9.59 Å². The predicted octanol–water partition coefficient (Wildman–Crippen LogP) is 0.580. The number of aliphatic carboxylic acids is 1. The van der Waals surface area contributed by atoms with Crippen molar-refractivity contribution < 1.29 is 19.4 Å². The van der Waals surface area contributed by atoms with Gasteiger partial charge in [0.05, 0.1) is 7.11 Å². The first-order valence-electron chi connectivity index (χ1n) is 3.53. The molecule has 0 aromatic rings. The Morgan fingerprint density at radius 1 is 1.75 bits per heavy atom. The summed E-state index contributed by atoms with van der Waals surface area (Å²) < 4.78 is 4.80. The van der Waals surface area contributed by atoms with Crippen molar-refractivity contribution in [2.24, 2.45) is 5.41 Å². The van der Waals surface area contributed by atoms with E-state index in [1.807, 2.05) is 0 Å². The summed E-state index contributed by atoms with van der Waals surface area (Å²) in [4.78, 5) is 21.9. The van der Waals surface area contributed by atoms with Crippen LogP contribution in [0.15, 0.2) is 11.8 Å². The number of ketones is 1. The van der Waals surface area contributed by atoms with Crippen LogP contribution in [0, 0.1) is 5.41 Å². The quantitative estimate of drug-likeness (QED) is 0.616. The van der Waals surface area contributed by atoms with E-state index in [-0.39, 0.29) is 6.42 Å². The van der Waals surface area contributed by atoms with Gasteiger partial charge < -0.3 is 9.84 Å². The average molecular weight is 170 g/mol. The van der Waals surface area contributed by atoms with Crippen LogP contribution in [0.2, 0.25) is 0 Å². The summed E-state index contributed by atoms with van der Waals surface area (Å²) in [6.45, 7) is 1.40. The van der Waals surface area contributed by atoms with Crippen LogP contribution in [-0.4, -0.2) is 24.0 Å². The van der Waals surface area contributed by atoms with Gasteiger partial charge in [-0.3, -0.25) is 9.59 Å². The van der Waals surface area contributed by atoms with Gasteiger partial charge in [0.15, 0.2) is 5.78 Å². The Morgan fingerprint density at radius 3 is 2.58 bits per heavy atom. The number of carboxylic acid groups (broad SMARTS) is 1. The van der Waals surface area contributed by atoms with Crippen molar-refractivity contribution >= 4 is 11.8 Å². The number of methoxy groups -OCH3 is 1. The highest BCUT2D eigenvalue weighted by atomic mass is 16.5. The summed E-state index contributed by atoms with van der Waals surface area (Å²) in [5, 5.41) is 8.75. The SMILES string of the molecule is COC1=CC(=O)C(C)(C(=O)O)C1. The Balaban J connectivity index is 2.90. The van der Waals surface area contributed by atoms with E-state index in [0.29, 0.717) is 5.76 Å². The molecule has 0 aromatic heterocycles. The topological polar surface area (TPSA) is 63.6 Å². The van der Waals surface area contributed by atoms with Crippen molar-refractivity contribution in [2.75, 3.05) is 7.11 Å². The lowest BCUT2D eigenvalue weighted by atomic mass is 9.87. The molecular formula is C8H10O4. The molecule has 0 saturated heterocycles. The van der Waals surface area contributed by atoms with Gasteiger partial charge in [-0.1, -0.05) is 0 Å². The minimum Gasteiger partial charge on any atom is -0.501 e. The highest BCUT2D eigenvalue weighted by Crippen LogP contribution is 2.34. The Morgan fingerprint density at radius 2 is 2.33 bits per heavy atom. The predicted molar refractivity (Wildman–Crippen MR) is 40.5 cm³/mol. The standard InChI is InChI=1S/C8H10O4/c1-8(7(10)11)4-5(12-2)3-6(8)9/h3H,4H2,1-2H3,(H,10,11). The summed E-state index contributed by atoms with van der Waals surface area (Å²) >= 11 is 0. The van der Waals surface area contributed by atoms with Crippen LogP contribution in [0.25, 0.3) is 0 Å². The molecule has 0 bridgehead atoms. The molecule has 0 radical (unpaired) electrons. The van der Waals surface area contributed by atoms with Crippen LogP contribution in [-0.2, 0) is 14.3 Å². The molecule has 0 aromatic carbocycles. The van der Waals surface area contributed by atoms with Gasteiger partial charge in [-0.2, -0.15) is 0 Å². The third-order valence-corrected chi connectivity index (χ3v) is 2.10. The van der Waals surface area contributed by atoms with Gasteiger partial charge in [-0.05, 0) is 6.92 Å². The Bertz CT molecular complexity index is 266. The van der Waals surface area contributed by atoms with Gasteiger partial charge in [0.2, 0.25) is 0 Å². The normalized spacial score (nSPS) is 28.5. The molecule has 1 unspecified atom stereocenters. The maximum absolute atomic E-state index is 11.2. The Kier molecular flexibility index (Phi) is 1.92. The van der Waals surface area contributed by atoms with E-state index in [1.54, 1.807) is 0 Å². The smallest absolute Gasteiger partial charge is 0.317 e. The number of rotatable bonds is 2. The first kappa shape index (κ1) is 8.77. The molecule has 1 atom stereocenters. The largest absolute Gasteiger partial charge is 0.501 e. The number of carboxylic acids is 1. The zero-order valence-corrected chi connectivity index (χ0v) is 6.96. The van der Waals surface area contributed by atoms with E-state index < -0.39 is 17.2 Å². The lowest BCUT2D eigenvalue weighted by Gasteiger charge is -2.15. The molecule has 66 valence electrons. The molecule has 4 heteroatoms. The zero-order valence-electron chi connectivity index (χ0n) is 6.96. The molecule has 0 fully saturated rings. The minimum absolute atomic E-state index is 0.150. The maximum Gasteiger partial charge on any atom is 0.317 e. The van der Waals surface area contributed by atoms with Crippen LogP contribution < -0.4 is 0 Å². The van der Waals surface area contributed by atoms with Crippen molar-refractivity contribution in [2.45, 2.75) is 13.3 Å². The lowest BCUT2D eigenvalue weighted by Crippen LogP contribution is -2.32. The van der Waals surface area contributed by atoms with Crippen LogP contribution >= 0.6 is 0 Å². The summed E-state index contributed by atoms with van der Waals surface area (Å²) in [7, 11) is 1.42. The monoisotopic (exact) mass is 170 g/mol. The van der Waals surface area contributed by atoms with Crippen molar-refractivity contribution in [1.29, 1.82) is 0 Å². The summed E-state index contributed by atoms with van der Waals surface area (Å²) in [5.41, 5.74) is -1.31. The van der Waals surface area contributed by atoms with Crippen molar-refractivity contribution in [3.63, 3.8) is 0 Å². The summed E-state index contributed by atoms with van der Waals surface area (Å²) in [6.07, 6.45) is 1.39. The number of hydrogen-bond donors (Lipinski definition) is 1. The molecule has 0 aliphatic heterocycles. The molecule has 0 spiro atoms. The molecule has 1 aliphatic carbocycles. The van der Waals surface area contributed by atoms with Crippen LogP contribution in [0.3, 0.4) is 0 Å². The Labute approximate surface area is 69.8 Å². The number of ether oxygens (including phenoxy) is 1. The second kappa shape index (κ2) is 2.62. The maximum atomic E-state index is 11.2. The molecular weight excluding hydrogens is 160 g/mol. The molecule has 4 nitrogen and oxygen atoms in total. The van der Waals surface area contributed by atoms with E-state index in [4.69, 9.17) is 9.84 Å². The number of hydrogen-bond acceptors (Lipinski definition) is 3. The highest BCUT2D eigenvalue weighted by Gasteiger charge is 2.45. The number of carbonyl (C=O) groups excluding carboxylic acids is 1. The third kappa shape index (κ3) is 1.09. The van der Waals surface area contributed by atoms with E-state index in [0.717, 1.165) is 0 Å². The molecule has 0 heterocycles. The first-order valence-corrected chi connectivity index (χ1v) is 3.53. The van der Waals surface area contributed by atoms with Gasteiger partial charge >= 0.3 is 5.97 Å². The van der Waals surface area contributed by atoms with Crippen LogP contribution in [0.1, 0.15) is 13.3 Å². The lowest BCUT2D eigenvalue weighted by molar-refractivity contribution is -0.151. The van der Waals surface area contributed by atoms with Gasteiger partial charge in [0, 0.05) is 12.5 Å².